The smallest absolute Gasteiger partial charge is 0.151 e. The molecule has 25 heavy (non-hydrogen) atoms. The molecule has 1 aliphatic rings. The standard InChI is InChI=1S/C23H40O2/c1-16(10-8-11-17(2)19(4)15-21(24)25)14-20(5)22-18(3)12-9-13-23(22,6)7/h8,10-11,17,19-21,24-25H,9,12-15H2,1-7H3/b11-8+,16-10+. The molecular formula is C23H40O2. The normalized spacial score (nSPS) is 22.6. The lowest BCUT2D eigenvalue weighted by atomic mass is 9.67. The van der Waals surface area contributed by atoms with Crippen molar-refractivity contribution in [2.45, 2.75) is 86.9 Å². The Labute approximate surface area is 155 Å². The molecule has 2 heteroatoms. The van der Waals surface area contributed by atoms with Gasteiger partial charge in [0.25, 0.3) is 0 Å². The predicted molar refractivity (Wildman–Crippen MR) is 108 cm³/mol. The van der Waals surface area contributed by atoms with Gasteiger partial charge >= 0.3 is 0 Å². The third-order valence-electron chi connectivity index (χ3n) is 5.94. The molecule has 1 aliphatic carbocycles. The summed E-state index contributed by atoms with van der Waals surface area (Å²) in [6.45, 7) is 15.9. The number of aliphatic hydroxyl groups excluding tert-OH is 1. The fourth-order valence-electron chi connectivity index (χ4n) is 4.52. The molecule has 0 aromatic carbocycles. The van der Waals surface area contributed by atoms with Crippen molar-refractivity contribution in [1.82, 2.24) is 0 Å². The van der Waals surface area contributed by atoms with E-state index in [4.69, 9.17) is 10.2 Å². The molecule has 0 saturated carbocycles. The van der Waals surface area contributed by atoms with Gasteiger partial charge in [-0.2, -0.15) is 0 Å². The van der Waals surface area contributed by atoms with E-state index in [0.717, 1.165) is 6.42 Å². The SMILES string of the molecule is CC1=C(C(C)C/C(C)=C/C=C/C(C)C(C)CC(O)O)C(C)(C)CCC1. The van der Waals surface area contributed by atoms with Gasteiger partial charge < -0.3 is 10.2 Å². The highest BCUT2D eigenvalue weighted by atomic mass is 16.5. The van der Waals surface area contributed by atoms with Gasteiger partial charge in [-0.05, 0) is 62.7 Å². The van der Waals surface area contributed by atoms with Crippen LogP contribution in [0.5, 0.6) is 0 Å². The molecule has 1 rings (SSSR count). The summed E-state index contributed by atoms with van der Waals surface area (Å²) >= 11 is 0. The summed E-state index contributed by atoms with van der Waals surface area (Å²) < 4.78 is 0. The quantitative estimate of drug-likeness (QED) is 0.320. The van der Waals surface area contributed by atoms with E-state index in [0.29, 0.717) is 23.7 Å². The maximum Gasteiger partial charge on any atom is 0.151 e. The van der Waals surface area contributed by atoms with E-state index < -0.39 is 6.29 Å². The topological polar surface area (TPSA) is 40.5 Å². The molecule has 144 valence electrons. The van der Waals surface area contributed by atoms with Crippen molar-refractivity contribution in [3.05, 3.63) is 34.9 Å². The highest BCUT2D eigenvalue weighted by Gasteiger charge is 2.31. The second kappa shape index (κ2) is 9.73. The minimum Gasteiger partial charge on any atom is -0.368 e. The van der Waals surface area contributed by atoms with Crippen LogP contribution >= 0.6 is 0 Å². The Morgan fingerprint density at radius 2 is 1.84 bits per heavy atom. The zero-order valence-corrected chi connectivity index (χ0v) is 17.5. The molecule has 0 radical (unpaired) electrons. The van der Waals surface area contributed by atoms with Crippen molar-refractivity contribution < 1.29 is 10.2 Å². The number of rotatable bonds is 8. The Morgan fingerprint density at radius 1 is 1.20 bits per heavy atom. The average molecular weight is 349 g/mol. The van der Waals surface area contributed by atoms with Gasteiger partial charge in [0, 0.05) is 6.42 Å². The van der Waals surface area contributed by atoms with Crippen molar-refractivity contribution in [2.24, 2.45) is 23.2 Å². The summed E-state index contributed by atoms with van der Waals surface area (Å²) in [6.07, 6.45) is 10.8. The lowest BCUT2D eigenvalue weighted by Gasteiger charge is -2.38. The van der Waals surface area contributed by atoms with Gasteiger partial charge in [0.2, 0.25) is 0 Å². The number of hydrogen-bond donors (Lipinski definition) is 2. The molecule has 0 bridgehead atoms. The first-order valence-corrected chi connectivity index (χ1v) is 9.94. The van der Waals surface area contributed by atoms with E-state index in [9.17, 15) is 0 Å². The van der Waals surface area contributed by atoms with Crippen LogP contribution in [0.15, 0.2) is 34.9 Å². The second-order valence-corrected chi connectivity index (χ2v) is 8.99. The number of allylic oxidation sites excluding steroid dienone is 6. The highest BCUT2D eigenvalue weighted by Crippen LogP contribution is 2.45. The number of aliphatic hydroxyl groups is 2. The summed E-state index contributed by atoms with van der Waals surface area (Å²) in [5, 5.41) is 18.2. The molecule has 0 amide bonds. The third kappa shape index (κ3) is 7.11. The van der Waals surface area contributed by atoms with Crippen LogP contribution in [0, 0.1) is 23.2 Å². The fourth-order valence-corrected chi connectivity index (χ4v) is 4.52. The summed E-state index contributed by atoms with van der Waals surface area (Å²) in [4.78, 5) is 0. The zero-order valence-electron chi connectivity index (χ0n) is 17.5. The Balaban J connectivity index is 2.67. The van der Waals surface area contributed by atoms with E-state index in [1.54, 1.807) is 11.1 Å². The van der Waals surface area contributed by atoms with Crippen LogP contribution in [0.2, 0.25) is 0 Å². The lowest BCUT2D eigenvalue weighted by Crippen LogP contribution is -2.25. The van der Waals surface area contributed by atoms with E-state index >= 15 is 0 Å². The summed E-state index contributed by atoms with van der Waals surface area (Å²) in [5.41, 5.74) is 5.03. The minimum absolute atomic E-state index is 0.264. The molecule has 3 atom stereocenters. The summed E-state index contributed by atoms with van der Waals surface area (Å²) in [7, 11) is 0. The maximum atomic E-state index is 9.09. The molecule has 3 unspecified atom stereocenters. The molecule has 2 nitrogen and oxygen atoms in total. The molecule has 0 aliphatic heterocycles. The van der Waals surface area contributed by atoms with E-state index in [-0.39, 0.29) is 5.92 Å². The Morgan fingerprint density at radius 3 is 2.40 bits per heavy atom. The predicted octanol–water partition coefficient (Wildman–Crippen LogP) is 6.01. The highest BCUT2D eigenvalue weighted by molar-refractivity contribution is 5.26. The minimum atomic E-state index is -1.21. The van der Waals surface area contributed by atoms with E-state index in [1.807, 2.05) is 0 Å². The molecule has 0 saturated heterocycles. The second-order valence-electron chi connectivity index (χ2n) is 8.99. The third-order valence-corrected chi connectivity index (χ3v) is 5.94. The van der Waals surface area contributed by atoms with Crippen molar-refractivity contribution >= 4 is 0 Å². The summed E-state index contributed by atoms with van der Waals surface area (Å²) in [6, 6.07) is 0. The van der Waals surface area contributed by atoms with Gasteiger partial charge in [0.15, 0.2) is 6.29 Å². The molecule has 0 heterocycles. The molecule has 0 aromatic heterocycles. The average Bonchev–Trinajstić information content (AvgIpc) is 2.44. The summed E-state index contributed by atoms with van der Waals surface area (Å²) in [5.74, 6) is 1.20. The molecule has 0 spiro atoms. The fraction of sp³-hybridized carbons (Fsp3) is 0.739. The largest absolute Gasteiger partial charge is 0.368 e. The van der Waals surface area contributed by atoms with Crippen LogP contribution < -0.4 is 0 Å². The van der Waals surface area contributed by atoms with Gasteiger partial charge in [0.05, 0.1) is 0 Å². The van der Waals surface area contributed by atoms with Crippen LogP contribution in [0.3, 0.4) is 0 Å². The van der Waals surface area contributed by atoms with Gasteiger partial charge in [-0.1, -0.05) is 69.6 Å². The Kier molecular flexibility index (Phi) is 8.63. The monoisotopic (exact) mass is 348 g/mol. The van der Waals surface area contributed by atoms with E-state index in [2.05, 4.69) is 66.7 Å². The molecule has 0 fully saturated rings. The first-order chi connectivity index (χ1) is 11.5. The van der Waals surface area contributed by atoms with Crippen LogP contribution in [-0.2, 0) is 0 Å². The van der Waals surface area contributed by atoms with Gasteiger partial charge in [-0.15, -0.1) is 0 Å². The van der Waals surface area contributed by atoms with E-state index in [1.165, 1.54) is 24.8 Å². The molecule has 2 N–H and O–H groups in total. The number of hydrogen-bond acceptors (Lipinski definition) is 2. The molecular weight excluding hydrogens is 308 g/mol. The van der Waals surface area contributed by atoms with Gasteiger partial charge in [-0.3, -0.25) is 0 Å². The van der Waals surface area contributed by atoms with Crippen molar-refractivity contribution in [2.75, 3.05) is 0 Å². The first-order valence-electron chi connectivity index (χ1n) is 9.94. The van der Waals surface area contributed by atoms with Crippen LogP contribution in [0.25, 0.3) is 0 Å². The van der Waals surface area contributed by atoms with Crippen molar-refractivity contribution in [3.8, 4) is 0 Å². The van der Waals surface area contributed by atoms with Crippen molar-refractivity contribution in [1.29, 1.82) is 0 Å². The first kappa shape index (κ1) is 22.2. The Bertz CT molecular complexity index is 508. The maximum absolute atomic E-state index is 9.09. The van der Waals surface area contributed by atoms with Crippen molar-refractivity contribution in [3.63, 3.8) is 0 Å². The van der Waals surface area contributed by atoms with Gasteiger partial charge in [0.1, 0.15) is 0 Å². The Hall–Kier alpha value is -0.860. The van der Waals surface area contributed by atoms with Crippen LogP contribution in [-0.4, -0.2) is 16.5 Å². The molecule has 0 aromatic rings. The van der Waals surface area contributed by atoms with Gasteiger partial charge in [-0.25, -0.2) is 0 Å². The lowest BCUT2D eigenvalue weighted by molar-refractivity contribution is -0.0571. The van der Waals surface area contributed by atoms with Crippen LogP contribution in [0.4, 0.5) is 0 Å². The van der Waals surface area contributed by atoms with Crippen LogP contribution in [0.1, 0.15) is 80.6 Å². The zero-order chi connectivity index (χ0) is 19.2.